The lowest BCUT2D eigenvalue weighted by Gasteiger charge is -2.02. The summed E-state index contributed by atoms with van der Waals surface area (Å²) in [5, 5.41) is 0. The fraction of sp³-hybridized carbons (Fsp3) is 0.917. The Kier molecular flexibility index (Phi) is 10.9. The van der Waals surface area contributed by atoms with E-state index in [1.54, 1.807) is 0 Å². The zero-order valence-electron chi connectivity index (χ0n) is 10.7. The quantitative estimate of drug-likeness (QED) is 0.433. The molecule has 0 aromatic heterocycles. The molecule has 0 amide bonds. The van der Waals surface area contributed by atoms with Gasteiger partial charge in [-0.15, -0.1) is 0 Å². The Labute approximate surface area is 106 Å². The van der Waals surface area contributed by atoms with Gasteiger partial charge in [0.25, 0.3) is 0 Å². The van der Waals surface area contributed by atoms with Crippen LogP contribution < -0.4 is 0 Å². The van der Waals surface area contributed by atoms with Crippen molar-refractivity contribution in [1.29, 1.82) is 0 Å². The minimum Gasteiger partial charge on any atom is -0.264 e. The van der Waals surface area contributed by atoms with Crippen LogP contribution in [0.5, 0.6) is 0 Å². The molecular formula is C12H25O4S. The fourth-order valence-electron chi connectivity index (χ4n) is 1.68. The van der Waals surface area contributed by atoms with Gasteiger partial charge in [-0.3, -0.25) is 4.55 Å². The van der Waals surface area contributed by atoms with Gasteiger partial charge in [0.1, 0.15) is 0 Å². The monoisotopic (exact) mass is 265 g/mol. The number of hydrogen-bond acceptors (Lipinski definition) is 3. The van der Waals surface area contributed by atoms with Gasteiger partial charge in [-0.05, 0) is 12.8 Å². The van der Waals surface area contributed by atoms with Crippen LogP contribution in [0.15, 0.2) is 0 Å². The van der Waals surface area contributed by atoms with Gasteiger partial charge >= 0.3 is 10.4 Å². The second kappa shape index (κ2) is 11.0. The third-order valence-electron chi connectivity index (χ3n) is 2.62. The van der Waals surface area contributed by atoms with E-state index in [0.29, 0.717) is 6.42 Å². The number of rotatable bonds is 12. The highest BCUT2D eigenvalue weighted by molar-refractivity contribution is 7.80. The molecule has 0 aromatic carbocycles. The zero-order chi connectivity index (χ0) is 13.0. The van der Waals surface area contributed by atoms with E-state index >= 15 is 0 Å². The standard InChI is InChI=1S/C12H25O4S/c1-2-3-4-5-6-7-8-9-10-11-12-16-17(13,14)15/h2H,3-12H2,1H3,(H,13,14,15). The molecule has 0 atom stereocenters. The Morgan fingerprint density at radius 3 is 1.88 bits per heavy atom. The van der Waals surface area contributed by atoms with Crippen molar-refractivity contribution < 1.29 is 17.2 Å². The zero-order valence-corrected chi connectivity index (χ0v) is 11.5. The summed E-state index contributed by atoms with van der Waals surface area (Å²) in [6.07, 6.45) is 12.5. The molecule has 103 valence electrons. The first-order valence-corrected chi connectivity index (χ1v) is 7.82. The van der Waals surface area contributed by atoms with Crippen molar-refractivity contribution in [2.24, 2.45) is 0 Å². The summed E-state index contributed by atoms with van der Waals surface area (Å²) >= 11 is 0. The number of unbranched alkanes of at least 4 members (excludes halogenated alkanes) is 9. The molecule has 0 aliphatic heterocycles. The smallest absolute Gasteiger partial charge is 0.264 e. The minimum atomic E-state index is -4.24. The minimum absolute atomic E-state index is 0.0885. The van der Waals surface area contributed by atoms with Crippen LogP contribution in [0.25, 0.3) is 0 Å². The summed E-state index contributed by atoms with van der Waals surface area (Å²) in [4.78, 5) is 0. The first kappa shape index (κ1) is 16.9. The molecule has 0 spiro atoms. The molecular weight excluding hydrogens is 240 g/mol. The van der Waals surface area contributed by atoms with Gasteiger partial charge < -0.3 is 0 Å². The molecule has 1 radical (unpaired) electrons. The molecule has 0 saturated carbocycles. The predicted octanol–water partition coefficient (Wildman–Crippen LogP) is 3.54. The van der Waals surface area contributed by atoms with Crippen LogP contribution in [0.3, 0.4) is 0 Å². The van der Waals surface area contributed by atoms with Crippen molar-refractivity contribution in [3.63, 3.8) is 0 Å². The van der Waals surface area contributed by atoms with Crippen LogP contribution in [0, 0.1) is 6.42 Å². The maximum Gasteiger partial charge on any atom is 0.397 e. The Balaban J connectivity index is 3.04. The highest BCUT2D eigenvalue weighted by Gasteiger charge is 2.02. The van der Waals surface area contributed by atoms with E-state index in [-0.39, 0.29) is 6.61 Å². The Bertz CT molecular complexity index is 249. The summed E-state index contributed by atoms with van der Waals surface area (Å²) in [5.41, 5.74) is 0. The molecule has 0 aromatic rings. The van der Waals surface area contributed by atoms with E-state index in [1.807, 2.05) is 0 Å². The van der Waals surface area contributed by atoms with Gasteiger partial charge in [0.05, 0.1) is 6.61 Å². The normalized spacial score (nSPS) is 11.9. The van der Waals surface area contributed by atoms with Crippen molar-refractivity contribution in [3.05, 3.63) is 6.42 Å². The fourth-order valence-corrected chi connectivity index (χ4v) is 2.00. The first-order valence-electron chi connectivity index (χ1n) is 6.46. The van der Waals surface area contributed by atoms with Crippen molar-refractivity contribution in [1.82, 2.24) is 0 Å². The predicted molar refractivity (Wildman–Crippen MR) is 69.0 cm³/mol. The van der Waals surface area contributed by atoms with Crippen LogP contribution in [0.4, 0.5) is 0 Å². The van der Waals surface area contributed by atoms with Gasteiger partial charge in [0, 0.05) is 0 Å². The number of hydrogen-bond donors (Lipinski definition) is 1. The van der Waals surface area contributed by atoms with Gasteiger partial charge in [0.2, 0.25) is 0 Å². The van der Waals surface area contributed by atoms with E-state index < -0.39 is 10.4 Å². The van der Waals surface area contributed by atoms with Crippen molar-refractivity contribution >= 4 is 10.4 Å². The highest BCUT2D eigenvalue weighted by atomic mass is 32.3. The van der Waals surface area contributed by atoms with Gasteiger partial charge in [0.15, 0.2) is 0 Å². The topological polar surface area (TPSA) is 63.6 Å². The molecule has 0 rings (SSSR count). The SMILES string of the molecule is C[CH]CCCCCCCCCCOS(=O)(=O)O. The molecule has 1 N–H and O–H groups in total. The van der Waals surface area contributed by atoms with Gasteiger partial charge in [-0.25, -0.2) is 4.18 Å². The second-order valence-electron chi connectivity index (χ2n) is 4.28. The lowest BCUT2D eigenvalue weighted by molar-refractivity contribution is 0.261. The Morgan fingerprint density at radius 1 is 0.941 bits per heavy atom. The molecule has 17 heavy (non-hydrogen) atoms. The van der Waals surface area contributed by atoms with Crippen molar-refractivity contribution in [3.8, 4) is 0 Å². The maximum atomic E-state index is 10.2. The molecule has 0 heterocycles. The summed E-state index contributed by atoms with van der Waals surface area (Å²) in [6, 6.07) is 0. The van der Waals surface area contributed by atoms with Gasteiger partial charge in [-0.2, -0.15) is 8.42 Å². The van der Waals surface area contributed by atoms with Crippen molar-refractivity contribution in [2.75, 3.05) is 6.61 Å². The summed E-state index contributed by atoms with van der Waals surface area (Å²) in [5.74, 6) is 0. The van der Waals surface area contributed by atoms with E-state index in [4.69, 9.17) is 4.55 Å². The lowest BCUT2D eigenvalue weighted by Crippen LogP contribution is -2.04. The Hall–Kier alpha value is -0.130. The van der Waals surface area contributed by atoms with Crippen LogP contribution >= 0.6 is 0 Å². The average molecular weight is 265 g/mol. The lowest BCUT2D eigenvalue weighted by atomic mass is 10.1. The molecule has 5 heteroatoms. The summed E-state index contributed by atoms with van der Waals surface area (Å²) < 4.78 is 33.0. The van der Waals surface area contributed by atoms with Crippen LogP contribution in [-0.2, 0) is 14.6 Å². The molecule has 0 aliphatic rings. The third kappa shape index (κ3) is 15.9. The molecule has 0 bridgehead atoms. The summed E-state index contributed by atoms with van der Waals surface area (Å²) in [6.45, 7) is 2.18. The van der Waals surface area contributed by atoms with Crippen LogP contribution in [-0.4, -0.2) is 19.6 Å². The largest absolute Gasteiger partial charge is 0.397 e. The third-order valence-corrected chi connectivity index (χ3v) is 3.08. The van der Waals surface area contributed by atoms with E-state index in [0.717, 1.165) is 12.8 Å². The average Bonchev–Trinajstić information content (AvgIpc) is 2.24. The van der Waals surface area contributed by atoms with Crippen molar-refractivity contribution in [2.45, 2.75) is 64.7 Å². The molecule has 4 nitrogen and oxygen atoms in total. The molecule has 0 aliphatic carbocycles. The molecule has 0 fully saturated rings. The van der Waals surface area contributed by atoms with Crippen LogP contribution in [0.2, 0.25) is 0 Å². The highest BCUT2D eigenvalue weighted by Crippen LogP contribution is 2.10. The van der Waals surface area contributed by atoms with E-state index in [2.05, 4.69) is 17.5 Å². The van der Waals surface area contributed by atoms with Crippen LogP contribution in [0.1, 0.15) is 64.7 Å². The van der Waals surface area contributed by atoms with E-state index in [1.165, 1.54) is 38.5 Å². The Morgan fingerprint density at radius 2 is 1.41 bits per heavy atom. The second-order valence-corrected chi connectivity index (χ2v) is 5.37. The first-order chi connectivity index (χ1) is 8.06. The summed E-state index contributed by atoms with van der Waals surface area (Å²) in [7, 11) is -4.24. The molecule has 0 unspecified atom stereocenters. The molecule has 0 saturated heterocycles. The van der Waals surface area contributed by atoms with Gasteiger partial charge in [-0.1, -0.05) is 58.3 Å². The maximum absolute atomic E-state index is 10.2. The van der Waals surface area contributed by atoms with E-state index in [9.17, 15) is 8.42 Å².